The van der Waals surface area contributed by atoms with Crippen LogP contribution in [0.25, 0.3) is 0 Å². The average molecular weight is 274 g/mol. The lowest BCUT2D eigenvalue weighted by Crippen LogP contribution is -2.39. The fourth-order valence-electron chi connectivity index (χ4n) is 1.75. The molecular formula is C12H20ClN3O2. The Morgan fingerprint density at radius 1 is 1.33 bits per heavy atom. The summed E-state index contributed by atoms with van der Waals surface area (Å²) in [5, 5.41) is 0.449. The normalized spacial score (nSPS) is 12.5. The van der Waals surface area contributed by atoms with Gasteiger partial charge in [-0.1, -0.05) is 11.6 Å². The van der Waals surface area contributed by atoms with E-state index in [1.807, 2.05) is 6.92 Å². The smallest absolute Gasteiger partial charge is 0.134 e. The molecule has 1 heterocycles. The van der Waals surface area contributed by atoms with Crippen molar-refractivity contribution in [3.8, 4) is 0 Å². The number of hydrogen-bond acceptors (Lipinski definition) is 5. The van der Waals surface area contributed by atoms with Crippen molar-refractivity contribution in [2.75, 3.05) is 38.9 Å². The summed E-state index contributed by atoms with van der Waals surface area (Å²) in [5.41, 5.74) is 0. The fraction of sp³-hybridized carbons (Fsp3) is 0.667. The van der Waals surface area contributed by atoms with Crippen LogP contribution in [0.15, 0.2) is 6.07 Å². The van der Waals surface area contributed by atoms with Crippen molar-refractivity contribution in [3.05, 3.63) is 17.0 Å². The SMILES string of the molecule is COCCN(c1cc(Cl)nc(C)n1)C(C)COC. The molecule has 0 amide bonds. The van der Waals surface area contributed by atoms with E-state index < -0.39 is 0 Å². The molecule has 1 aromatic rings. The van der Waals surface area contributed by atoms with Crippen molar-refractivity contribution >= 4 is 17.4 Å². The van der Waals surface area contributed by atoms with E-state index in [-0.39, 0.29) is 6.04 Å². The Morgan fingerprint density at radius 2 is 2.06 bits per heavy atom. The van der Waals surface area contributed by atoms with Crippen LogP contribution in [0.5, 0.6) is 0 Å². The van der Waals surface area contributed by atoms with Gasteiger partial charge in [-0.05, 0) is 13.8 Å². The molecule has 0 saturated carbocycles. The predicted molar refractivity (Wildman–Crippen MR) is 72.3 cm³/mol. The number of anilines is 1. The Labute approximate surface area is 113 Å². The fourth-order valence-corrected chi connectivity index (χ4v) is 1.97. The second kappa shape index (κ2) is 7.51. The first-order chi connectivity index (χ1) is 8.58. The van der Waals surface area contributed by atoms with Crippen LogP contribution in [0.1, 0.15) is 12.7 Å². The first-order valence-electron chi connectivity index (χ1n) is 5.84. The standard InChI is InChI=1S/C12H20ClN3O2/c1-9(8-18-4)16(5-6-17-3)12-7-11(13)14-10(2)15-12/h7,9H,5-6,8H2,1-4H3. The molecule has 0 aliphatic carbocycles. The molecule has 0 aliphatic heterocycles. The van der Waals surface area contributed by atoms with Crippen molar-refractivity contribution in [2.24, 2.45) is 0 Å². The third kappa shape index (κ3) is 4.40. The zero-order chi connectivity index (χ0) is 13.5. The van der Waals surface area contributed by atoms with E-state index in [4.69, 9.17) is 21.1 Å². The highest BCUT2D eigenvalue weighted by Gasteiger charge is 2.16. The van der Waals surface area contributed by atoms with Crippen LogP contribution in [0.4, 0.5) is 5.82 Å². The Hall–Kier alpha value is -0.910. The third-order valence-corrected chi connectivity index (χ3v) is 2.76. The third-order valence-electron chi connectivity index (χ3n) is 2.56. The molecule has 102 valence electrons. The van der Waals surface area contributed by atoms with Crippen LogP contribution < -0.4 is 4.90 Å². The highest BCUT2D eigenvalue weighted by Crippen LogP contribution is 2.18. The molecule has 0 aliphatic rings. The molecule has 5 nitrogen and oxygen atoms in total. The van der Waals surface area contributed by atoms with E-state index in [2.05, 4.69) is 21.8 Å². The average Bonchev–Trinajstić information content (AvgIpc) is 2.28. The molecular weight excluding hydrogens is 254 g/mol. The molecule has 1 atom stereocenters. The van der Waals surface area contributed by atoms with Crippen molar-refractivity contribution in [1.82, 2.24) is 9.97 Å². The number of hydrogen-bond donors (Lipinski definition) is 0. The summed E-state index contributed by atoms with van der Waals surface area (Å²) < 4.78 is 10.3. The topological polar surface area (TPSA) is 47.5 Å². The van der Waals surface area contributed by atoms with E-state index in [1.165, 1.54) is 0 Å². The lowest BCUT2D eigenvalue weighted by molar-refractivity contribution is 0.170. The minimum atomic E-state index is 0.190. The Balaban J connectivity index is 2.92. The van der Waals surface area contributed by atoms with Crippen molar-refractivity contribution < 1.29 is 9.47 Å². The molecule has 0 N–H and O–H groups in total. The number of aryl methyl sites for hydroxylation is 1. The van der Waals surface area contributed by atoms with Gasteiger partial charge in [0.25, 0.3) is 0 Å². The lowest BCUT2D eigenvalue weighted by Gasteiger charge is -2.29. The van der Waals surface area contributed by atoms with Gasteiger partial charge in [0, 0.05) is 26.8 Å². The van der Waals surface area contributed by atoms with Gasteiger partial charge in [-0.15, -0.1) is 0 Å². The van der Waals surface area contributed by atoms with Crippen LogP contribution in [-0.2, 0) is 9.47 Å². The zero-order valence-corrected chi connectivity index (χ0v) is 12.1. The van der Waals surface area contributed by atoms with Gasteiger partial charge in [0.05, 0.1) is 19.3 Å². The maximum atomic E-state index is 5.97. The van der Waals surface area contributed by atoms with Crippen molar-refractivity contribution in [1.29, 1.82) is 0 Å². The molecule has 1 aromatic heterocycles. The number of ether oxygens (including phenoxy) is 2. The first kappa shape index (κ1) is 15.1. The lowest BCUT2D eigenvalue weighted by atomic mass is 10.3. The zero-order valence-electron chi connectivity index (χ0n) is 11.3. The maximum absolute atomic E-state index is 5.97. The molecule has 18 heavy (non-hydrogen) atoms. The monoisotopic (exact) mass is 273 g/mol. The number of rotatable bonds is 7. The van der Waals surface area contributed by atoms with Gasteiger partial charge >= 0.3 is 0 Å². The second-order valence-corrected chi connectivity index (χ2v) is 4.47. The summed E-state index contributed by atoms with van der Waals surface area (Å²) in [4.78, 5) is 10.6. The van der Waals surface area contributed by atoms with Crippen LogP contribution in [-0.4, -0.2) is 50.0 Å². The Bertz CT molecular complexity index is 356. The van der Waals surface area contributed by atoms with Gasteiger partial charge in [0.15, 0.2) is 0 Å². The number of nitrogens with zero attached hydrogens (tertiary/aromatic N) is 3. The summed E-state index contributed by atoms with van der Waals surface area (Å²) >= 11 is 5.97. The molecule has 0 radical (unpaired) electrons. The first-order valence-corrected chi connectivity index (χ1v) is 6.22. The van der Waals surface area contributed by atoms with E-state index in [0.29, 0.717) is 24.2 Å². The van der Waals surface area contributed by atoms with Gasteiger partial charge in [-0.3, -0.25) is 0 Å². The molecule has 0 saturated heterocycles. The van der Waals surface area contributed by atoms with Crippen LogP contribution in [0.2, 0.25) is 5.15 Å². The van der Waals surface area contributed by atoms with Gasteiger partial charge < -0.3 is 14.4 Å². The second-order valence-electron chi connectivity index (χ2n) is 4.09. The summed E-state index contributed by atoms with van der Waals surface area (Å²) in [5.74, 6) is 1.46. The van der Waals surface area contributed by atoms with E-state index >= 15 is 0 Å². The number of methoxy groups -OCH3 is 2. The highest BCUT2D eigenvalue weighted by molar-refractivity contribution is 6.29. The van der Waals surface area contributed by atoms with E-state index in [9.17, 15) is 0 Å². The number of halogens is 1. The summed E-state index contributed by atoms with van der Waals surface area (Å²) in [6.45, 7) is 5.86. The van der Waals surface area contributed by atoms with Gasteiger partial charge in [0.1, 0.15) is 16.8 Å². The van der Waals surface area contributed by atoms with Gasteiger partial charge in [0.2, 0.25) is 0 Å². The maximum Gasteiger partial charge on any atom is 0.134 e. The molecule has 1 rings (SSSR count). The summed E-state index contributed by atoms with van der Waals surface area (Å²) in [6, 6.07) is 1.95. The van der Waals surface area contributed by atoms with Crippen molar-refractivity contribution in [3.63, 3.8) is 0 Å². The Kier molecular flexibility index (Phi) is 6.32. The highest BCUT2D eigenvalue weighted by atomic mass is 35.5. The summed E-state index contributed by atoms with van der Waals surface area (Å²) in [6.07, 6.45) is 0. The summed E-state index contributed by atoms with van der Waals surface area (Å²) in [7, 11) is 3.36. The predicted octanol–water partition coefficient (Wildman–Crippen LogP) is 1.93. The van der Waals surface area contributed by atoms with Gasteiger partial charge in [-0.25, -0.2) is 9.97 Å². The van der Waals surface area contributed by atoms with E-state index in [0.717, 1.165) is 12.4 Å². The molecule has 6 heteroatoms. The van der Waals surface area contributed by atoms with E-state index in [1.54, 1.807) is 20.3 Å². The van der Waals surface area contributed by atoms with Crippen LogP contribution >= 0.6 is 11.6 Å². The quantitative estimate of drug-likeness (QED) is 0.711. The largest absolute Gasteiger partial charge is 0.383 e. The molecule has 0 fully saturated rings. The minimum absolute atomic E-state index is 0.190. The minimum Gasteiger partial charge on any atom is -0.383 e. The molecule has 1 unspecified atom stereocenters. The molecule has 0 aromatic carbocycles. The van der Waals surface area contributed by atoms with Gasteiger partial charge in [-0.2, -0.15) is 0 Å². The number of aromatic nitrogens is 2. The van der Waals surface area contributed by atoms with Crippen LogP contribution in [0.3, 0.4) is 0 Å². The van der Waals surface area contributed by atoms with Crippen LogP contribution in [0, 0.1) is 6.92 Å². The van der Waals surface area contributed by atoms with Crippen molar-refractivity contribution in [2.45, 2.75) is 19.9 Å². The molecule has 0 spiro atoms. The Morgan fingerprint density at radius 3 is 2.61 bits per heavy atom. The molecule has 0 bridgehead atoms.